The van der Waals surface area contributed by atoms with Gasteiger partial charge in [-0.15, -0.1) is 0 Å². The van der Waals surface area contributed by atoms with Gasteiger partial charge in [-0.25, -0.2) is 4.79 Å². The van der Waals surface area contributed by atoms with Gasteiger partial charge in [-0.3, -0.25) is 0 Å². The Balaban J connectivity index is 3.35. The Hall–Kier alpha value is 0.720. The molecule has 0 aliphatic carbocycles. The highest BCUT2D eigenvalue weighted by Crippen LogP contribution is 2.07. The first-order valence-corrected chi connectivity index (χ1v) is 3.29. The zero-order chi connectivity index (χ0) is 5.86. The Morgan fingerprint density at radius 3 is 2.29 bits per heavy atom. The van der Waals surface area contributed by atoms with E-state index in [1.165, 1.54) is 0 Å². The molecule has 0 aliphatic heterocycles. The minimum atomic E-state index is -0.758. The van der Waals surface area contributed by atoms with Crippen molar-refractivity contribution in [3.05, 3.63) is 0 Å². The second-order valence-corrected chi connectivity index (χ2v) is 2.90. The lowest BCUT2D eigenvalue weighted by Crippen LogP contribution is -2.04. The van der Waals surface area contributed by atoms with Gasteiger partial charge in [0.05, 0.1) is 0 Å². The third kappa shape index (κ3) is 3.32. The summed E-state index contributed by atoms with van der Waals surface area (Å²) in [5.41, 5.74) is 0. The van der Waals surface area contributed by atoms with Crippen LogP contribution in [0.4, 0.5) is 0 Å². The molecule has 0 radical (unpaired) electrons. The molecule has 0 N–H and O–H groups in total. The predicted octanol–water partition coefficient (Wildman–Crippen LogP) is 1.80. The second-order valence-electron chi connectivity index (χ2n) is 0.697. The molecular formula is C2HBr2ClO2. The maximum Gasteiger partial charge on any atom is 0.346 e. The molecule has 7 heavy (non-hydrogen) atoms. The molecule has 2 nitrogen and oxygen atoms in total. The highest BCUT2D eigenvalue weighted by atomic mass is 79.9. The van der Waals surface area contributed by atoms with Gasteiger partial charge in [0, 0.05) is 0 Å². The van der Waals surface area contributed by atoms with Crippen molar-refractivity contribution in [2.24, 2.45) is 0 Å². The van der Waals surface area contributed by atoms with Crippen LogP contribution in [0.3, 0.4) is 0 Å². The Morgan fingerprint density at radius 1 is 1.86 bits per heavy atom. The van der Waals surface area contributed by atoms with Crippen molar-refractivity contribution >= 4 is 49.8 Å². The van der Waals surface area contributed by atoms with E-state index >= 15 is 0 Å². The summed E-state index contributed by atoms with van der Waals surface area (Å²) in [6.45, 7) is 0. The number of rotatable bonds is 1. The number of hydrogen-bond acceptors (Lipinski definition) is 2. The molecule has 0 saturated carbocycles. The van der Waals surface area contributed by atoms with Gasteiger partial charge in [-0.1, -0.05) is 27.5 Å². The average Bonchev–Trinajstić information content (AvgIpc) is 1.65. The number of carbonyl (C=O) groups is 1. The van der Waals surface area contributed by atoms with E-state index in [0.717, 1.165) is 0 Å². The van der Waals surface area contributed by atoms with Gasteiger partial charge < -0.3 is 3.83 Å². The molecular weight excluding hydrogens is 251 g/mol. The summed E-state index contributed by atoms with van der Waals surface area (Å²) in [6.07, 6.45) is 0. The largest absolute Gasteiger partial charge is 0.382 e. The summed E-state index contributed by atoms with van der Waals surface area (Å²) in [5.74, 6) is -0.554. The topological polar surface area (TPSA) is 26.3 Å². The van der Waals surface area contributed by atoms with E-state index in [4.69, 9.17) is 11.6 Å². The van der Waals surface area contributed by atoms with Crippen LogP contribution in [0.5, 0.6) is 0 Å². The predicted molar refractivity (Wildman–Crippen MR) is 33.6 cm³/mol. The lowest BCUT2D eigenvalue weighted by molar-refractivity contribution is -0.130. The molecule has 0 bridgehead atoms. The fraction of sp³-hybridized carbons (Fsp3) is 0.500. The molecule has 1 atom stereocenters. The quantitative estimate of drug-likeness (QED) is 0.665. The number of carbonyl (C=O) groups excluding carboxylic acids is 1. The summed E-state index contributed by atoms with van der Waals surface area (Å²) in [5, 5.41) is 0. The van der Waals surface area contributed by atoms with Gasteiger partial charge in [0.15, 0.2) is 20.5 Å². The molecule has 0 fully saturated rings. The molecule has 0 heterocycles. The first-order chi connectivity index (χ1) is 3.18. The van der Waals surface area contributed by atoms with Crippen molar-refractivity contribution in [3.8, 4) is 0 Å². The maximum absolute atomic E-state index is 10.1. The first-order valence-electron chi connectivity index (χ1n) is 1.29. The van der Waals surface area contributed by atoms with Crippen LogP contribution in [-0.4, -0.2) is 10.3 Å². The first kappa shape index (κ1) is 7.72. The molecule has 0 aromatic heterocycles. The van der Waals surface area contributed by atoms with Gasteiger partial charge in [-0.05, 0) is 0 Å². The van der Waals surface area contributed by atoms with Gasteiger partial charge in [0.2, 0.25) is 0 Å². The third-order valence-electron chi connectivity index (χ3n) is 0.254. The standard InChI is InChI=1S/C2HBr2ClO2/c3-1(5)2(6)7-4/h1H. The summed E-state index contributed by atoms with van der Waals surface area (Å²) < 4.78 is 3.25. The zero-order valence-corrected chi connectivity index (χ0v) is 6.96. The summed E-state index contributed by atoms with van der Waals surface area (Å²) in [7, 11) is 0. The van der Waals surface area contributed by atoms with Gasteiger partial charge in [-0.2, -0.15) is 0 Å². The van der Waals surface area contributed by atoms with E-state index in [2.05, 4.69) is 36.0 Å². The molecule has 0 aromatic carbocycles. The number of alkyl halides is 2. The van der Waals surface area contributed by atoms with E-state index in [1.54, 1.807) is 0 Å². The average molecular weight is 252 g/mol. The third-order valence-corrected chi connectivity index (χ3v) is 1.13. The Bertz CT molecular complexity index is 74.1. The maximum atomic E-state index is 10.1. The SMILES string of the molecule is O=C(OBr)C(Cl)Br. The fourth-order valence-corrected chi connectivity index (χ4v) is 0.717. The van der Waals surface area contributed by atoms with Crippen LogP contribution in [0.1, 0.15) is 0 Å². The minimum absolute atomic E-state index is 0.554. The van der Waals surface area contributed by atoms with Crippen LogP contribution < -0.4 is 0 Å². The normalized spacial score (nSPS) is 13.0. The van der Waals surface area contributed by atoms with Crippen LogP contribution in [0.25, 0.3) is 0 Å². The molecule has 42 valence electrons. The fourth-order valence-electron chi connectivity index (χ4n) is 0.0337. The van der Waals surface area contributed by atoms with Crippen molar-refractivity contribution in [2.45, 2.75) is 4.29 Å². The molecule has 0 aliphatic rings. The Morgan fingerprint density at radius 2 is 2.29 bits per heavy atom. The van der Waals surface area contributed by atoms with E-state index in [0.29, 0.717) is 0 Å². The lowest BCUT2D eigenvalue weighted by atomic mass is 10.8. The van der Waals surface area contributed by atoms with Crippen molar-refractivity contribution in [1.29, 1.82) is 0 Å². The molecule has 0 rings (SSSR count). The van der Waals surface area contributed by atoms with Crippen LogP contribution >= 0.6 is 43.8 Å². The molecule has 0 saturated heterocycles. The summed E-state index contributed by atoms with van der Waals surface area (Å²) in [4.78, 5) is 10.1. The molecule has 1 unspecified atom stereocenters. The van der Waals surface area contributed by atoms with Gasteiger partial charge >= 0.3 is 5.97 Å². The van der Waals surface area contributed by atoms with E-state index in [1.807, 2.05) is 0 Å². The van der Waals surface area contributed by atoms with Crippen molar-refractivity contribution < 1.29 is 8.62 Å². The van der Waals surface area contributed by atoms with Crippen LogP contribution in [0, 0.1) is 0 Å². The molecule has 5 heteroatoms. The molecule has 0 spiro atoms. The highest BCUT2D eigenvalue weighted by Gasteiger charge is 2.09. The van der Waals surface area contributed by atoms with Crippen LogP contribution in [0.15, 0.2) is 0 Å². The number of hydrogen-bond donors (Lipinski definition) is 0. The van der Waals surface area contributed by atoms with Crippen molar-refractivity contribution in [3.63, 3.8) is 0 Å². The Kier molecular flexibility index (Phi) is 4.07. The van der Waals surface area contributed by atoms with Crippen molar-refractivity contribution in [1.82, 2.24) is 0 Å². The minimum Gasteiger partial charge on any atom is -0.382 e. The number of halogens is 3. The summed E-state index contributed by atoms with van der Waals surface area (Å²) in [6, 6.07) is 0. The highest BCUT2D eigenvalue weighted by molar-refractivity contribution is 9.10. The summed E-state index contributed by atoms with van der Waals surface area (Å²) >= 11 is 10.4. The monoisotopic (exact) mass is 250 g/mol. The van der Waals surface area contributed by atoms with Crippen LogP contribution in [0.2, 0.25) is 0 Å². The molecule has 0 aromatic rings. The zero-order valence-electron chi connectivity index (χ0n) is 3.03. The molecule has 0 amide bonds. The Labute approximate surface area is 62.7 Å². The van der Waals surface area contributed by atoms with Crippen molar-refractivity contribution in [2.75, 3.05) is 0 Å². The smallest absolute Gasteiger partial charge is 0.346 e. The van der Waals surface area contributed by atoms with E-state index in [9.17, 15) is 4.79 Å². The lowest BCUT2D eigenvalue weighted by Gasteiger charge is -1.91. The van der Waals surface area contributed by atoms with Gasteiger partial charge in [0.1, 0.15) is 0 Å². The van der Waals surface area contributed by atoms with Gasteiger partial charge in [0.25, 0.3) is 0 Å². The van der Waals surface area contributed by atoms with E-state index < -0.39 is 10.3 Å². The second kappa shape index (κ2) is 3.69. The van der Waals surface area contributed by atoms with E-state index in [-0.39, 0.29) is 0 Å². The van der Waals surface area contributed by atoms with Crippen LogP contribution in [-0.2, 0) is 8.62 Å².